The van der Waals surface area contributed by atoms with E-state index in [1.165, 1.54) is 6.26 Å². The summed E-state index contributed by atoms with van der Waals surface area (Å²) in [6.07, 6.45) is 2.79. The number of amides is 2. The second-order valence-electron chi connectivity index (χ2n) is 5.13. The van der Waals surface area contributed by atoms with Crippen molar-refractivity contribution >= 4 is 24.2 Å². The molecular weight excluding hydrogens is 294 g/mol. The first kappa shape index (κ1) is 17.5. The van der Waals surface area contributed by atoms with Crippen molar-refractivity contribution in [3.05, 3.63) is 24.2 Å². The first-order chi connectivity index (χ1) is 9.66. The Hall–Kier alpha value is -1.53. The number of piperidine rings is 1. The fraction of sp³-hybridized carbons (Fsp3) is 0.571. The highest BCUT2D eigenvalue weighted by Gasteiger charge is 2.22. The van der Waals surface area contributed by atoms with Crippen LogP contribution in [-0.2, 0) is 4.79 Å². The molecule has 2 unspecified atom stereocenters. The third-order valence-corrected chi connectivity index (χ3v) is 3.56. The molecule has 7 heteroatoms. The van der Waals surface area contributed by atoms with Crippen LogP contribution in [0.25, 0.3) is 0 Å². The van der Waals surface area contributed by atoms with E-state index in [0.717, 1.165) is 19.5 Å². The van der Waals surface area contributed by atoms with Gasteiger partial charge in [-0.15, -0.1) is 12.4 Å². The summed E-state index contributed by atoms with van der Waals surface area (Å²) < 4.78 is 4.97. The molecule has 0 spiro atoms. The molecule has 1 aromatic rings. The Morgan fingerprint density at radius 3 is 2.95 bits per heavy atom. The van der Waals surface area contributed by atoms with E-state index in [1.54, 1.807) is 12.1 Å². The van der Waals surface area contributed by atoms with Gasteiger partial charge in [0.25, 0.3) is 5.91 Å². The molecule has 1 saturated heterocycles. The van der Waals surface area contributed by atoms with Crippen molar-refractivity contribution in [2.75, 3.05) is 19.6 Å². The molecule has 2 rings (SSSR count). The van der Waals surface area contributed by atoms with E-state index in [0.29, 0.717) is 12.5 Å². The van der Waals surface area contributed by atoms with Gasteiger partial charge in [-0.05, 0) is 31.0 Å². The molecule has 0 saturated carbocycles. The van der Waals surface area contributed by atoms with Crippen LogP contribution in [0.15, 0.2) is 22.8 Å². The number of nitrogens with one attached hydrogen (secondary N) is 3. The van der Waals surface area contributed by atoms with Crippen molar-refractivity contribution in [2.24, 2.45) is 5.92 Å². The molecule has 6 nitrogen and oxygen atoms in total. The number of hydrogen-bond acceptors (Lipinski definition) is 4. The second kappa shape index (κ2) is 8.69. The first-order valence-corrected chi connectivity index (χ1v) is 6.98. The summed E-state index contributed by atoms with van der Waals surface area (Å²) in [4.78, 5) is 23.4. The zero-order chi connectivity index (χ0) is 14.4. The largest absolute Gasteiger partial charge is 0.459 e. The van der Waals surface area contributed by atoms with Crippen LogP contribution < -0.4 is 16.0 Å². The molecule has 0 aromatic carbocycles. The molecule has 1 aromatic heterocycles. The Kier molecular flexibility index (Phi) is 7.25. The summed E-state index contributed by atoms with van der Waals surface area (Å²) in [5, 5.41) is 8.92. The van der Waals surface area contributed by atoms with E-state index in [2.05, 4.69) is 22.9 Å². The standard InChI is InChI=1S/C14H21N3O3.ClH/c1-10-4-6-15-9-11(10)17-13(18)5-7-16-14(19)12-3-2-8-20-12;/h2-3,8,10-11,15H,4-7,9H2,1H3,(H,16,19)(H,17,18);1H. The summed E-state index contributed by atoms with van der Waals surface area (Å²) in [6.45, 7) is 4.27. The minimum atomic E-state index is -0.296. The van der Waals surface area contributed by atoms with Gasteiger partial charge in [0.1, 0.15) is 0 Å². The van der Waals surface area contributed by atoms with Gasteiger partial charge < -0.3 is 20.4 Å². The normalized spacial score (nSPS) is 21.2. The van der Waals surface area contributed by atoms with Gasteiger partial charge in [-0.2, -0.15) is 0 Å². The minimum Gasteiger partial charge on any atom is -0.459 e. The number of furan rings is 1. The lowest BCUT2D eigenvalue weighted by atomic mass is 9.95. The van der Waals surface area contributed by atoms with Gasteiger partial charge in [0.2, 0.25) is 5.91 Å². The maximum absolute atomic E-state index is 11.8. The lowest BCUT2D eigenvalue weighted by molar-refractivity contribution is -0.122. The van der Waals surface area contributed by atoms with E-state index in [4.69, 9.17) is 4.42 Å². The van der Waals surface area contributed by atoms with Crippen molar-refractivity contribution in [3.63, 3.8) is 0 Å². The molecule has 1 aliphatic rings. The molecule has 1 fully saturated rings. The number of rotatable bonds is 5. The van der Waals surface area contributed by atoms with Crippen LogP contribution in [0.1, 0.15) is 30.3 Å². The first-order valence-electron chi connectivity index (χ1n) is 6.98. The summed E-state index contributed by atoms with van der Waals surface area (Å²) in [5.41, 5.74) is 0. The van der Waals surface area contributed by atoms with Crippen LogP contribution in [0.3, 0.4) is 0 Å². The van der Waals surface area contributed by atoms with Crippen molar-refractivity contribution < 1.29 is 14.0 Å². The van der Waals surface area contributed by atoms with Gasteiger partial charge in [0.05, 0.1) is 6.26 Å². The van der Waals surface area contributed by atoms with Crippen molar-refractivity contribution in [1.29, 1.82) is 0 Å². The molecular formula is C14H22ClN3O3. The van der Waals surface area contributed by atoms with Crippen LogP contribution >= 0.6 is 12.4 Å². The monoisotopic (exact) mass is 315 g/mol. The Morgan fingerprint density at radius 2 is 2.29 bits per heavy atom. The van der Waals surface area contributed by atoms with Crippen LogP contribution in [0.4, 0.5) is 0 Å². The van der Waals surface area contributed by atoms with E-state index < -0.39 is 0 Å². The SMILES string of the molecule is CC1CCNCC1NC(=O)CCNC(=O)c1ccco1.Cl. The molecule has 2 atom stereocenters. The molecule has 0 aliphatic carbocycles. The van der Waals surface area contributed by atoms with E-state index in [1.807, 2.05) is 0 Å². The fourth-order valence-electron chi connectivity index (χ4n) is 2.25. The van der Waals surface area contributed by atoms with Gasteiger partial charge in [-0.1, -0.05) is 6.92 Å². The number of hydrogen-bond donors (Lipinski definition) is 3. The average molecular weight is 316 g/mol. The van der Waals surface area contributed by atoms with E-state index in [-0.39, 0.29) is 42.4 Å². The maximum atomic E-state index is 11.8. The zero-order valence-corrected chi connectivity index (χ0v) is 12.9. The second-order valence-corrected chi connectivity index (χ2v) is 5.13. The highest BCUT2D eigenvalue weighted by molar-refractivity contribution is 5.91. The summed E-state index contributed by atoms with van der Waals surface area (Å²) in [5.74, 6) is 0.411. The van der Waals surface area contributed by atoms with E-state index in [9.17, 15) is 9.59 Å². The van der Waals surface area contributed by atoms with Crippen molar-refractivity contribution in [3.8, 4) is 0 Å². The predicted octanol–water partition coefficient (Wildman–Crippen LogP) is 0.935. The van der Waals surface area contributed by atoms with Crippen LogP contribution in [0.5, 0.6) is 0 Å². The Labute approximate surface area is 130 Å². The highest BCUT2D eigenvalue weighted by Crippen LogP contribution is 2.11. The quantitative estimate of drug-likeness (QED) is 0.755. The number of carbonyl (C=O) groups is 2. The van der Waals surface area contributed by atoms with E-state index >= 15 is 0 Å². The van der Waals surface area contributed by atoms with Gasteiger partial charge in [-0.25, -0.2) is 0 Å². The Morgan fingerprint density at radius 1 is 1.48 bits per heavy atom. The smallest absolute Gasteiger partial charge is 0.286 e. The molecule has 1 aliphatic heterocycles. The zero-order valence-electron chi connectivity index (χ0n) is 12.1. The summed E-state index contributed by atoms with van der Waals surface area (Å²) in [7, 11) is 0. The lowest BCUT2D eigenvalue weighted by Crippen LogP contribution is -2.50. The van der Waals surface area contributed by atoms with Gasteiger partial charge in [0, 0.05) is 25.6 Å². The van der Waals surface area contributed by atoms with Gasteiger partial charge in [0.15, 0.2) is 5.76 Å². The topological polar surface area (TPSA) is 83.4 Å². The average Bonchev–Trinajstić information content (AvgIpc) is 2.95. The van der Waals surface area contributed by atoms with Crippen molar-refractivity contribution in [2.45, 2.75) is 25.8 Å². The summed E-state index contributed by atoms with van der Waals surface area (Å²) >= 11 is 0. The molecule has 3 N–H and O–H groups in total. The van der Waals surface area contributed by atoms with Gasteiger partial charge >= 0.3 is 0 Å². The Balaban J connectivity index is 0.00000220. The molecule has 118 valence electrons. The van der Waals surface area contributed by atoms with Crippen LogP contribution in [-0.4, -0.2) is 37.5 Å². The Bertz CT molecular complexity index is 450. The van der Waals surface area contributed by atoms with Crippen molar-refractivity contribution in [1.82, 2.24) is 16.0 Å². The minimum absolute atomic E-state index is 0. The van der Waals surface area contributed by atoms with Gasteiger partial charge in [-0.3, -0.25) is 9.59 Å². The molecule has 2 heterocycles. The number of carbonyl (C=O) groups excluding carboxylic acids is 2. The molecule has 2 amide bonds. The third-order valence-electron chi connectivity index (χ3n) is 3.56. The maximum Gasteiger partial charge on any atom is 0.286 e. The lowest BCUT2D eigenvalue weighted by Gasteiger charge is -2.30. The van der Waals surface area contributed by atoms with Crippen LogP contribution in [0.2, 0.25) is 0 Å². The highest BCUT2D eigenvalue weighted by atomic mass is 35.5. The molecule has 0 bridgehead atoms. The summed E-state index contributed by atoms with van der Waals surface area (Å²) in [6, 6.07) is 3.42. The fourth-order valence-corrected chi connectivity index (χ4v) is 2.25. The van der Waals surface area contributed by atoms with Crippen LogP contribution in [0, 0.1) is 5.92 Å². The predicted molar refractivity (Wildman–Crippen MR) is 81.5 cm³/mol. The molecule has 21 heavy (non-hydrogen) atoms. The third kappa shape index (κ3) is 5.40. The molecule has 0 radical (unpaired) electrons. The number of halogens is 1.